The van der Waals surface area contributed by atoms with E-state index < -0.39 is 0 Å². The highest BCUT2D eigenvalue weighted by atomic mass is 16.6. The van der Waals surface area contributed by atoms with Gasteiger partial charge in [-0.2, -0.15) is 0 Å². The van der Waals surface area contributed by atoms with E-state index >= 15 is 0 Å². The maximum atomic E-state index is 12.6. The molecule has 0 bridgehead atoms. The van der Waals surface area contributed by atoms with E-state index in [1.54, 1.807) is 16.7 Å². The van der Waals surface area contributed by atoms with Gasteiger partial charge in [0.25, 0.3) is 0 Å². The number of rotatable bonds is 5. The van der Waals surface area contributed by atoms with Gasteiger partial charge in [-0.25, -0.2) is 4.79 Å². The van der Waals surface area contributed by atoms with Crippen LogP contribution in [0.3, 0.4) is 0 Å². The topological polar surface area (TPSA) is 79.0 Å². The van der Waals surface area contributed by atoms with Gasteiger partial charge in [-0.15, -0.1) is 0 Å². The minimum Gasteiger partial charge on any atom is -0.450 e. The number of nitrogens with one attached hydrogen (secondary N) is 1. The van der Waals surface area contributed by atoms with Gasteiger partial charge in [0.05, 0.1) is 19.1 Å². The van der Waals surface area contributed by atoms with Crippen LogP contribution in [0.2, 0.25) is 0 Å². The summed E-state index contributed by atoms with van der Waals surface area (Å²) in [7, 11) is 0. The summed E-state index contributed by atoms with van der Waals surface area (Å²) in [6.45, 7) is 5.41. The molecule has 25 heavy (non-hydrogen) atoms. The Kier molecular flexibility index (Phi) is 6.80. The molecule has 1 heterocycles. The number of hydrogen-bond donors (Lipinski definition) is 1. The molecule has 1 N–H and O–H groups in total. The zero-order valence-corrected chi connectivity index (χ0v) is 14.7. The Morgan fingerprint density at radius 2 is 1.68 bits per heavy atom. The molecule has 136 valence electrons. The van der Waals surface area contributed by atoms with E-state index in [-0.39, 0.29) is 30.4 Å². The third-order valence-corrected chi connectivity index (χ3v) is 4.12. The summed E-state index contributed by atoms with van der Waals surface area (Å²) in [4.78, 5) is 39.1. The van der Waals surface area contributed by atoms with Crippen LogP contribution in [0.1, 0.15) is 31.9 Å². The van der Waals surface area contributed by atoms with Crippen molar-refractivity contribution in [3.8, 4) is 0 Å². The number of hydrogen-bond acceptors (Lipinski definition) is 4. The van der Waals surface area contributed by atoms with Crippen molar-refractivity contribution < 1.29 is 19.1 Å². The zero-order valence-electron chi connectivity index (χ0n) is 14.7. The molecule has 1 atom stereocenters. The fraction of sp³-hybridized carbons (Fsp3) is 0.500. The lowest BCUT2D eigenvalue weighted by molar-refractivity contribution is -0.133. The third-order valence-electron chi connectivity index (χ3n) is 4.12. The fourth-order valence-electron chi connectivity index (χ4n) is 2.84. The van der Waals surface area contributed by atoms with E-state index in [1.165, 1.54) is 6.92 Å². The molecular formula is C18H25N3O4. The minimum absolute atomic E-state index is 0.0360. The van der Waals surface area contributed by atoms with Gasteiger partial charge in [0.1, 0.15) is 0 Å². The molecule has 7 nitrogen and oxygen atoms in total. The lowest BCUT2D eigenvalue weighted by atomic mass is 10.0. The van der Waals surface area contributed by atoms with Crippen molar-refractivity contribution in [1.29, 1.82) is 0 Å². The number of carbonyl (C=O) groups is 3. The van der Waals surface area contributed by atoms with Crippen LogP contribution in [-0.4, -0.2) is 60.5 Å². The van der Waals surface area contributed by atoms with E-state index in [0.29, 0.717) is 32.8 Å². The molecule has 0 radical (unpaired) electrons. The van der Waals surface area contributed by atoms with Gasteiger partial charge in [-0.1, -0.05) is 30.3 Å². The van der Waals surface area contributed by atoms with Crippen molar-refractivity contribution in [2.75, 3.05) is 32.8 Å². The van der Waals surface area contributed by atoms with Crippen LogP contribution in [-0.2, 0) is 14.3 Å². The molecule has 0 aromatic heterocycles. The van der Waals surface area contributed by atoms with Crippen LogP contribution in [0, 0.1) is 0 Å². The fourth-order valence-corrected chi connectivity index (χ4v) is 2.84. The van der Waals surface area contributed by atoms with Crippen molar-refractivity contribution in [1.82, 2.24) is 15.1 Å². The molecule has 1 aromatic rings. The van der Waals surface area contributed by atoms with Gasteiger partial charge < -0.3 is 19.9 Å². The molecule has 0 spiro atoms. The Hall–Kier alpha value is -2.57. The van der Waals surface area contributed by atoms with E-state index in [4.69, 9.17) is 4.74 Å². The first kappa shape index (κ1) is 18.8. The number of amides is 3. The van der Waals surface area contributed by atoms with Crippen molar-refractivity contribution in [2.45, 2.75) is 26.3 Å². The smallest absolute Gasteiger partial charge is 0.409 e. The largest absolute Gasteiger partial charge is 0.450 e. The highest BCUT2D eigenvalue weighted by molar-refractivity contribution is 5.79. The maximum Gasteiger partial charge on any atom is 0.409 e. The Labute approximate surface area is 147 Å². The number of nitrogens with zero attached hydrogens (tertiary/aromatic N) is 2. The summed E-state index contributed by atoms with van der Waals surface area (Å²) in [6.07, 6.45) is -0.141. The second-order valence-electron chi connectivity index (χ2n) is 5.93. The SMILES string of the molecule is CCOC(=O)N1CCN(C(=O)C[C@H](NC(C)=O)c2ccccc2)CC1. The Morgan fingerprint density at radius 1 is 1.08 bits per heavy atom. The number of benzene rings is 1. The Bertz CT molecular complexity index is 598. The summed E-state index contributed by atoms with van der Waals surface area (Å²) in [6, 6.07) is 9.10. The van der Waals surface area contributed by atoms with Gasteiger partial charge in [0, 0.05) is 33.1 Å². The van der Waals surface area contributed by atoms with E-state index in [1.807, 2.05) is 30.3 Å². The molecule has 1 aliphatic rings. The molecule has 3 amide bonds. The van der Waals surface area contributed by atoms with Gasteiger partial charge in [-0.3, -0.25) is 9.59 Å². The summed E-state index contributed by atoms with van der Waals surface area (Å²) in [5.74, 6) is -0.208. The molecule has 0 aliphatic carbocycles. The summed E-state index contributed by atoms with van der Waals surface area (Å²) < 4.78 is 4.98. The average Bonchev–Trinajstić information content (AvgIpc) is 2.62. The van der Waals surface area contributed by atoms with Crippen LogP contribution in [0.4, 0.5) is 4.79 Å². The predicted molar refractivity (Wildman–Crippen MR) is 92.8 cm³/mol. The van der Waals surface area contributed by atoms with Crippen molar-refractivity contribution in [3.63, 3.8) is 0 Å². The number of ether oxygens (including phenoxy) is 1. The van der Waals surface area contributed by atoms with Gasteiger partial charge in [-0.05, 0) is 12.5 Å². The molecule has 1 aliphatic heterocycles. The zero-order chi connectivity index (χ0) is 18.2. The van der Waals surface area contributed by atoms with Crippen LogP contribution < -0.4 is 5.32 Å². The lowest BCUT2D eigenvalue weighted by Gasteiger charge is -2.34. The predicted octanol–water partition coefficient (Wildman–Crippen LogP) is 1.55. The molecule has 0 unspecified atom stereocenters. The first-order chi connectivity index (χ1) is 12.0. The van der Waals surface area contributed by atoms with Gasteiger partial charge in [0.15, 0.2) is 0 Å². The molecule has 2 rings (SSSR count). The molecule has 1 saturated heterocycles. The van der Waals surface area contributed by atoms with Gasteiger partial charge >= 0.3 is 6.09 Å². The standard InChI is InChI=1S/C18H25N3O4/c1-3-25-18(24)21-11-9-20(10-12-21)17(23)13-16(19-14(2)22)15-7-5-4-6-8-15/h4-8,16H,3,9-13H2,1-2H3,(H,19,22)/t16-/m0/s1. The van der Waals surface area contributed by atoms with E-state index in [0.717, 1.165) is 5.56 Å². The molecule has 7 heteroatoms. The van der Waals surface area contributed by atoms with Crippen LogP contribution in [0.5, 0.6) is 0 Å². The summed E-state index contributed by atoms with van der Waals surface area (Å²) >= 11 is 0. The quantitative estimate of drug-likeness (QED) is 0.877. The second-order valence-corrected chi connectivity index (χ2v) is 5.93. The van der Waals surface area contributed by atoms with E-state index in [9.17, 15) is 14.4 Å². The second kappa shape index (κ2) is 9.05. The Morgan fingerprint density at radius 3 is 2.24 bits per heavy atom. The average molecular weight is 347 g/mol. The highest BCUT2D eigenvalue weighted by Gasteiger charge is 2.27. The maximum absolute atomic E-state index is 12.6. The molecule has 0 saturated carbocycles. The van der Waals surface area contributed by atoms with Crippen molar-refractivity contribution >= 4 is 17.9 Å². The minimum atomic E-state index is -0.353. The lowest BCUT2D eigenvalue weighted by Crippen LogP contribution is -2.51. The third kappa shape index (κ3) is 5.48. The Balaban J connectivity index is 1.93. The van der Waals surface area contributed by atoms with Crippen molar-refractivity contribution in [3.05, 3.63) is 35.9 Å². The van der Waals surface area contributed by atoms with Crippen molar-refractivity contribution in [2.24, 2.45) is 0 Å². The van der Waals surface area contributed by atoms with Crippen LogP contribution in [0.25, 0.3) is 0 Å². The highest BCUT2D eigenvalue weighted by Crippen LogP contribution is 2.18. The van der Waals surface area contributed by atoms with Crippen LogP contribution >= 0.6 is 0 Å². The summed E-state index contributed by atoms with van der Waals surface area (Å²) in [5.41, 5.74) is 0.899. The molecular weight excluding hydrogens is 322 g/mol. The first-order valence-corrected chi connectivity index (χ1v) is 8.52. The van der Waals surface area contributed by atoms with E-state index in [2.05, 4.69) is 5.32 Å². The molecule has 1 aromatic carbocycles. The normalized spacial score (nSPS) is 15.4. The number of piperazine rings is 1. The monoisotopic (exact) mass is 347 g/mol. The molecule has 1 fully saturated rings. The first-order valence-electron chi connectivity index (χ1n) is 8.52. The number of carbonyl (C=O) groups excluding carboxylic acids is 3. The van der Waals surface area contributed by atoms with Crippen LogP contribution in [0.15, 0.2) is 30.3 Å². The van der Waals surface area contributed by atoms with Gasteiger partial charge in [0.2, 0.25) is 11.8 Å². The summed E-state index contributed by atoms with van der Waals surface area (Å²) in [5, 5.41) is 2.84.